The molecule has 184 valence electrons. The van der Waals surface area contributed by atoms with Crippen LogP contribution in [0.3, 0.4) is 0 Å². The van der Waals surface area contributed by atoms with E-state index < -0.39 is 22.7 Å². The summed E-state index contributed by atoms with van der Waals surface area (Å²) in [6, 6.07) is 6.23. The van der Waals surface area contributed by atoms with E-state index in [9.17, 15) is 19.5 Å². The van der Waals surface area contributed by atoms with Crippen LogP contribution >= 0.6 is 11.8 Å². The van der Waals surface area contributed by atoms with E-state index in [1.54, 1.807) is 36.3 Å². The van der Waals surface area contributed by atoms with Gasteiger partial charge in [-0.15, -0.1) is 11.8 Å². The van der Waals surface area contributed by atoms with Crippen LogP contribution in [0.15, 0.2) is 24.3 Å². The highest BCUT2D eigenvalue weighted by atomic mass is 32.2. The van der Waals surface area contributed by atoms with Crippen molar-refractivity contribution < 1.29 is 24.2 Å². The molecule has 0 radical (unpaired) electrons. The van der Waals surface area contributed by atoms with E-state index in [-0.39, 0.29) is 17.9 Å². The highest BCUT2D eigenvalue weighted by molar-refractivity contribution is 8.00. The first kappa shape index (κ1) is 27.0. The predicted molar refractivity (Wildman–Crippen MR) is 132 cm³/mol. The van der Waals surface area contributed by atoms with E-state index in [1.807, 2.05) is 20.8 Å². The molecule has 0 saturated carbocycles. The maximum atomic E-state index is 13.2. The first-order valence-electron chi connectivity index (χ1n) is 11.5. The first-order chi connectivity index (χ1) is 15.4. The number of hydrogen-bond donors (Lipinski definition) is 2. The minimum atomic E-state index is -0.839. The second-order valence-electron chi connectivity index (χ2n) is 10.1. The zero-order valence-corrected chi connectivity index (χ0v) is 21.4. The van der Waals surface area contributed by atoms with E-state index in [2.05, 4.69) is 19.2 Å². The molecule has 1 aromatic rings. The highest BCUT2D eigenvalue weighted by Crippen LogP contribution is 2.32. The lowest BCUT2D eigenvalue weighted by Gasteiger charge is -2.30. The Balaban J connectivity index is 2.08. The Labute approximate surface area is 201 Å². The fourth-order valence-corrected chi connectivity index (χ4v) is 5.41. The second-order valence-corrected chi connectivity index (χ2v) is 11.3. The normalized spacial score (nSPS) is 18.2. The van der Waals surface area contributed by atoms with Crippen LogP contribution in [0.5, 0.6) is 5.75 Å². The van der Waals surface area contributed by atoms with Crippen molar-refractivity contribution in [3.8, 4) is 5.75 Å². The van der Waals surface area contributed by atoms with Crippen molar-refractivity contribution in [3.63, 3.8) is 0 Å². The molecule has 1 unspecified atom stereocenters. The highest BCUT2D eigenvalue weighted by Gasteiger charge is 2.36. The van der Waals surface area contributed by atoms with Crippen molar-refractivity contribution in [2.75, 3.05) is 19.4 Å². The molecule has 0 bridgehead atoms. The summed E-state index contributed by atoms with van der Waals surface area (Å²) in [6.07, 6.45) is 2.14. The molecule has 1 heterocycles. The number of hydrogen-bond acceptors (Lipinski definition) is 5. The average molecular weight is 479 g/mol. The first-order valence-corrected chi connectivity index (χ1v) is 12.6. The predicted octanol–water partition coefficient (Wildman–Crippen LogP) is 4.06. The molecule has 2 amide bonds. The Morgan fingerprint density at radius 3 is 2.36 bits per heavy atom. The van der Waals surface area contributed by atoms with Crippen molar-refractivity contribution in [1.82, 2.24) is 10.2 Å². The van der Waals surface area contributed by atoms with E-state index in [0.29, 0.717) is 35.9 Å². The van der Waals surface area contributed by atoms with Crippen molar-refractivity contribution in [3.05, 3.63) is 29.8 Å². The van der Waals surface area contributed by atoms with Crippen LogP contribution in [-0.4, -0.2) is 64.5 Å². The van der Waals surface area contributed by atoms with Crippen LogP contribution in [0, 0.1) is 11.3 Å². The van der Waals surface area contributed by atoms with Gasteiger partial charge in [0.05, 0.1) is 7.11 Å². The van der Waals surface area contributed by atoms with Gasteiger partial charge in [-0.25, -0.2) is 0 Å². The second kappa shape index (κ2) is 11.8. The number of thioether (sulfide) groups is 1. The Bertz CT molecular complexity index is 819. The van der Waals surface area contributed by atoms with E-state index >= 15 is 0 Å². The Morgan fingerprint density at radius 1 is 1.21 bits per heavy atom. The molecule has 1 fully saturated rings. The third kappa shape index (κ3) is 7.66. The Kier molecular flexibility index (Phi) is 9.64. The molecule has 0 aromatic heterocycles. The fourth-order valence-electron chi connectivity index (χ4n) is 4.12. The van der Waals surface area contributed by atoms with Gasteiger partial charge in [0.1, 0.15) is 17.0 Å². The number of carboxylic acids is 1. The molecule has 1 aliphatic heterocycles. The lowest BCUT2D eigenvalue weighted by molar-refractivity contribution is -0.138. The van der Waals surface area contributed by atoms with E-state index in [1.165, 1.54) is 11.8 Å². The maximum Gasteiger partial charge on any atom is 0.317 e. The van der Waals surface area contributed by atoms with Crippen LogP contribution < -0.4 is 10.1 Å². The maximum absolute atomic E-state index is 13.2. The SMILES string of the molecule is COc1ccc(C(=O)N2CCC[C@H]2C(=O)NC(CS[C@H](C(=O)O)C(C)(C)C)CC(C)C)cc1. The summed E-state index contributed by atoms with van der Waals surface area (Å²) in [5.74, 6) is 0.360. The summed E-state index contributed by atoms with van der Waals surface area (Å²) in [7, 11) is 1.57. The summed E-state index contributed by atoms with van der Waals surface area (Å²) in [4.78, 5) is 39.7. The van der Waals surface area contributed by atoms with Gasteiger partial charge in [-0.05, 0) is 54.9 Å². The Morgan fingerprint density at radius 2 is 1.85 bits per heavy atom. The van der Waals surface area contributed by atoms with Gasteiger partial charge in [-0.2, -0.15) is 0 Å². The minimum Gasteiger partial charge on any atom is -0.497 e. The largest absolute Gasteiger partial charge is 0.497 e. The number of aliphatic carboxylic acids is 1. The third-order valence-electron chi connectivity index (χ3n) is 5.73. The number of nitrogens with zero attached hydrogens (tertiary/aromatic N) is 1. The fraction of sp³-hybridized carbons (Fsp3) is 0.640. The van der Waals surface area contributed by atoms with Crippen LogP contribution in [0.1, 0.15) is 64.2 Å². The molecule has 0 aliphatic carbocycles. The standard InChI is InChI=1S/C25H38N2O5S/c1-16(2)14-18(15-33-21(24(30)31)25(3,4)5)26-22(28)20-8-7-13-27(20)23(29)17-9-11-19(32-6)12-10-17/h9-12,16,18,20-21H,7-8,13-15H2,1-6H3,(H,26,28)(H,30,31)/t18?,20-,21+/m0/s1. The molecule has 1 aromatic carbocycles. The smallest absolute Gasteiger partial charge is 0.317 e. The van der Waals surface area contributed by atoms with Crippen LogP contribution in [0.4, 0.5) is 0 Å². The number of amides is 2. The quantitative estimate of drug-likeness (QED) is 0.526. The molecule has 2 N–H and O–H groups in total. The molecule has 33 heavy (non-hydrogen) atoms. The van der Waals surface area contributed by atoms with E-state index in [4.69, 9.17) is 4.74 Å². The number of methoxy groups -OCH3 is 1. The molecule has 0 spiro atoms. The number of nitrogens with one attached hydrogen (secondary N) is 1. The monoisotopic (exact) mass is 478 g/mol. The number of rotatable bonds is 10. The van der Waals surface area contributed by atoms with Crippen LogP contribution in [-0.2, 0) is 9.59 Å². The van der Waals surface area contributed by atoms with Gasteiger partial charge < -0.3 is 20.1 Å². The van der Waals surface area contributed by atoms with Gasteiger partial charge in [-0.1, -0.05) is 34.6 Å². The van der Waals surface area contributed by atoms with Crippen LogP contribution in [0.2, 0.25) is 0 Å². The molecular formula is C25H38N2O5S. The number of benzene rings is 1. The topological polar surface area (TPSA) is 95.9 Å². The third-order valence-corrected chi connectivity index (χ3v) is 7.57. The molecule has 1 saturated heterocycles. The van der Waals surface area contributed by atoms with Gasteiger partial charge >= 0.3 is 5.97 Å². The molecule has 3 atom stereocenters. The van der Waals surface area contributed by atoms with Gasteiger partial charge in [0.2, 0.25) is 5.91 Å². The van der Waals surface area contributed by atoms with Crippen molar-refractivity contribution in [2.24, 2.45) is 11.3 Å². The number of carbonyl (C=O) groups excluding carboxylic acids is 2. The minimum absolute atomic E-state index is 0.162. The summed E-state index contributed by atoms with van der Waals surface area (Å²) in [6.45, 7) is 10.4. The zero-order valence-electron chi connectivity index (χ0n) is 20.6. The summed E-state index contributed by atoms with van der Waals surface area (Å²) >= 11 is 1.37. The molecule has 7 nitrogen and oxygen atoms in total. The number of carboxylic acid groups (broad SMARTS) is 1. The summed E-state index contributed by atoms with van der Waals surface area (Å²) < 4.78 is 5.16. The summed E-state index contributed by atoms with van der Waals surface area (Å²) in [5.41, 5.74) is 0.134. The number of ether oxygens (including phenoxy) is 1. The molecule has 1 aliphatic rings. The zero-order chi connectivity index (χ0) is 24.8. The van der Waals surface area contributed by atoms with Gasteiger partial charge in [0.25, 0.3) is 5.91 Å². The van der Waals surface area contributed by atoms with Crippen molar-refractivity contribution in [2.45, 2.75) is 71.2 Å². The van der Waals surface area contributed by atoms with Gasteiger partial charge in [0, 0.05) is 23.9 Å². The number of carbonyl (C=O) groups is 3. The van der Waals surface area contributed by atoms with Crippen molar-refractivity contribution in [1.29, 1.82) is 0 Å². The molecule has 2 rings (SSSR count). The molecule has 8 heteroatoms. The lowest BCUT2D eigenvalue weighted by atomic mass is 9.92. The van der Waals surface area contributed by atoms with Gasteiger partial charge in [-0.3, -0.25) is 14.4 Å². The average Bonchev–Trinajstić information content (AvgIpc) is 3.21. The van der Waals surface area contributed by atoms with Crippen LogP contribution in [0.25, 0.3) is 0 Å². The van der Waals surface area contributed by atoms with Crippen molar-refractivity contribution >= 4 is 29.5 Å². The number of likely N-dealkylation sites (tertiary alicyclic amines) is 1. The summed E-state index contributed by atoms with van der Waals surface area (Å²) in [5, 5.41) is 12.2. The molecular weight excluding hydrogens is 440 g/mol. The lowest BCUT2D eigenvalue weighted by Crippen LogP contribution is -2.50. The van der Waals surface area contributed by atoms with E-state index in [0.717, 1.165) is 12.8 Å². The van der Waals surface area contributed by atoms with Gasteiger partial charge in [0.15, 0.2) is 0 Å². The Hall–Kier alpha value is -2.22.